The molecule has 1 saturated heterocycles. The van der Waals surface area contributed by atoms with Gasteiger partial charge in [0.15, 0.2) is 0 Å². The lowest BCUT2D eigenvalue weighted by molar-refractivity contribution is -0.150. The minimum Gasteiger partial charge on any atom is -0.464 e. The molecule has 0 unspecified atom stereocenters. The summed E-state index contributed by atoms with van der Waals surface area (Å²) in [6, 6.07) is 12.4. The third kappa shape index (κ3) is 3.43. The number of imide groups is 1. The van der Waals surface area contributed by atoms with Crippen LogP contribution < -0.4 is 0 Å². The normalized spacial score (nSPS) is 17.0. The molecule has 2 heterocycles. The number of carbonyl (C=O) groups excluding carboxylic acids is 3. The number of hydrogen-bond acceptors (Lipinski definition) is 5. The van der Waals surface area contributed by atoms with E-state index < -0.39 is 23.2 Å². The molecule has 0 saturated carbocycles. The Morgan fingerprint density at radius 2 is 1.92 bits per heavy atom. The monoisotopic (exact) mass is 370 g/mol. The lowest BCUT2D eigenvalue weighted by Gasteiger charge is -2.19. The first-order chi connectivity index (χ1) is 12.5. The quantitative estimate of drug-likeness (QED) is 0.595. The van der Waals surface area contributed by atoms with Crippen molar-refractivity contribution in [1.82, 2.24) is 9.47 Å². The molecule has 1 aromatic heterocycles. The first kappa shape index (κ1) is 18.0. The van der Waals surface area contributed by atoms with E-state index in [1.54, 1.807) is 13.0 Å². The summed E-state index contributed by atoms with van der Waals surface area (Å²) >= 11 is 0.825. The molecule has 3 rings (SSSR count). The SMILES string of the molecule is CCOC(=O)[C@H](C)N1C(=O)S/C(=C/c2cccn2-c2ccccc2)C1=O. The molecular formula is C19H18N2O4S. The van der Waals surface area contributed by atoms with Crippen molar-refractivity contribution in [3.8, 4) is 5.69 Å². The van der Waals surface area contributed by atoms with Crippen LogP contribution in [0.25, 0.3) is 11.8 Å². The second-order valence-electron chi connectivity index (χ2n) is 5.62. The molecule has 0 aliphatic carbocycles. The highest BCUT2D eigenvalue weighted by Crippen LogP contribution is 2.34. The molecule has 6 nitrogen and oxygen atoms in total. The number of esters is 1. The third-order valence-electron chi connectivity index (χ3n) is 3.93. The zero-order valence-corrected chi connectivity index (χ0v) is 15.2. The van der Waals surface area contributed by atoms with E-state index in [1.807, 2.05) is 53.2 Å². The van der Waals surface area contributed by atoms with Crippen molar-refractivity contribution in [2.75, 3.05) is 6.61 Å². The van der Waals surface area contributed by atoms with Crippen LogP contribution in [0.4, 0.5) is 4.79 Å². The molecule has 1 aliphatic heterocycles. The van der Waals surface area contributed by atoms with Crippen LogP contribution in [0.3, 0.4) is 0 Å². The Labute approximate surface area is 155 Å². The van der Waals surface area contributed by atoms with E-state index in [2.05, 4.69) is 0 Å². The summed E-state index contributed by atoms with van der Waals surface area (Å²) in [4.78, 5) is 38.0. The van der Waals surface area contributed by atoms with Crippen LogP contribution in [-0.4, -0.2) is 39.2 Å². The van der Waals surface area contributed by atoms with Gasteiger partial charge in [0.2, 0.25) is 0 Å². The molecule has 134 valence electrons. The molecular weight excluding hydrogens is 352 g/mol. The van der Waals surface area contributed by atoms with Crippen LogP contribution in [-0.2, 0) is 14.3 Å². The fourth-order valence-corrected chi connectivity index (χ4v) is 3.54. The molecule has 1 atom stereocenters. The minimum atomic E-state index is -0.950. The molecule has 1 aromatic carbocycles. The molecule has 0 spiro atoms. The van der Waals surface area contributed by atoms with Gasteiger partial charge in [-0.3, -0.25) is 14.5 Å². The molecule has 26 heavy (non-hydrogen) atoms. The van der Waals surface area contributed by atoms with Crippen LogP contribution in [0.5, 0.6) is 0 Å². The maximum Gasteiger partial charge on any atom is 0.329 e. The van der Waals surface area contributed by atoms with Crippen molar-refractivity contribution in [1.29, 1.82) is 0 Å². The zero-order valence-electron chi connectivity index (χ0n) is 14.4. The molecule has 0 bridgehead atoms. The molecule has 1 fully saturated rings. The number of para-hydroxylation sites is 1. The van der Waals surface area contributed by atoms with Crippen LogP contribution in [0, 0.1) is 0 Å². The van der Waals surface area contributed by atoms with Crippen molar-refractivity contribution in [2.45, 2.75) is 19.9 Å². The highest BCUT2D eigenvalue weighted by Gasteiger charge is 2.41. The van der Waals surface area contributed by atoms with Gasteiger partial charge in [-0.05, 0) is 56.0 Å². The second kappa shape index (κ2) is 7.61. The number of ether oxygens (including phenoxy) is 1. The van der Waals surface area contributed by atoms with Gasteiger partial charge in [0.05, 0.1) is 11.5 Å². The Morgan fingerprint density at radius 1 is 1.19 bits per heavy atom. The Balaban J connectivity index is 1.88. The third-order valence-corrected chi connectivity index (χ3v) is 4.82. The predicted octanol–water partition coefficient (Wildman–Crippen LogP) is 3.47. The number of thioether (sulfide) groups is 1. The number of nitrogens with zero attached hydrogens (tertiary/aromatic N) is 2. The van der Waals surface area contributed by atoms with Crippen molar-refractivity contribution < 1.29 is 19.1 Å². The zero-order chi connectivity index (χ0) is 18.7. The van der Waals surface area contributed by atoms with E-state index in [-0.39, 0.29) is 11.5 Å². The van der Waals surface area contributed by atoms with E-state index in [1.165, 1.54) is 6.92 Å². The van der Waals surface area contributed by atoms with Gasteiger partial charge in [0.25, 0.3) is 11.1 Å². The Hall–Kier alpha value is -2.80. The highest BCUT2D eigenvalue weighted by atomic mass is 32.2. The van der Waals surface area contributed by atoms with Gasteiger partial charge in [-0.25, -0.2) is 4.79 Å². The predicted molar refractivity (Wildman–Crippen MR) is 99.7 cm³/mol. The second-order valence-corrected chi connectivity index (χ2v) is 6.61. The van der Waals surface area contributed by atoms with Crippen molar-refractivity contribution in [2.24, 2.45) is 0 Å². The molecule has 1 aliphatic rings. The number of amides is 2. The van der Waals surface area contributed by atoms with Gasteiger partial charge in [-0.2, -0.15) is 0 Å². The van der Waals surface area contributed by atoms with Crippen LogP contribution in [0.2, 0.25) is 0 Å². The van der Waals surface area contributed by atoms with E-state index in [0.717, 1.165) is 28.0 Å². The molecule has 2 amide bonds. The number of hydrogen-bond donors (Lipinski definition) is 0. The minimum absolute atomic E-state index is 0.194. The Kier molecular flexibility index (Phi) is 5.27. The summed E-state index contributed by atoms with van der Waals surface area (Å²) in [5, 5.41) is -0.473. The summed E-state index contributed by atoms with van der Waals surface area (Å²) in [6.07, 6.45) is 3.54. The van der Waals surface area contributed by atoms with E-state index in [0.29, 0.717) is 0 Å². The number of benzene rings is 1. The van der Waals surface area contributed by atoms with Gasteiger partial charge >= 0.3 is 5.97 Å². The van der Waals surface area contributed by atoms with Gasteiger partial charge in [0, 0.05) is 17.6 Å². The van der Waals surface area contributed by atoms with E-state index >= 15 is 0 Å². The summed E-state index contributed by atoms with van der Waals surface area (Å²) in [5.41, 5.74) is 1.72. The first-order valence-corrected chi connectivity index (χ1v) is 9.01. The highest BCUT2D eigenvalue weighted by molar-refractivity contribution is 8.18. The van der Waals surface area contributed by atoms with Crippen molar-refractivity contribution in [3.63, 3.8) is 0 Å². The largest absolute Gasteiger partial charge is 0.464 e. The fraction of sp³-hybridized carbons (Fsp3) is 0.211. The van der Waals surface area contributed by atoms with Gasteiger partial charge in [0.1, 0.15) is 6.04 Å². The summed E-state index contributed by atoms with van der Waals surface area (Å²) < 4.78 is 6.83. The maximum absolute atomic E-state index is 12.6. The standard InChI is InChI=1S/C19H18N2O4S/c1-3-25-18(23)13(2)21-17(22)16(26-19(21)24)12-15-10-7-11-20(15)14-8-5-4-6-9-14/h4-13H,3H2,1-2H3/b16-12+/t13-/m0/s1. The summed E-state index contributed by atoms with van der Waals surface area (Å²) in [5.74, 6) is -1.08. The number of carbonyl (C=O) groups is 3. The fourth-order valence-electron chi connectivity index (χ4n) is 2.65. The topological polar surface area (TPSA) is 68.6 Å². The molecule has 0 radical (unpaired) electrons. The van der Waals surface area contributed by atoms with Gasteiger partial charge in [-0.15, -0.1) is 0 Å². The number of aromatic nitrogens is 1. The summed E-state index contributed by atoms with van der Waals surface area (Å²) in [6.45, 7) is 3.36. The first-order valence-electron chi connectivity index (χ1n) is 8.19. The van der Waals surface area contributed by atoms with Gasteiger partial charge in [-0.1, -0.05) is 18.2 Å². The average Bonchev–Trinajstić information content (AvgIpc) is 3.20. The van der Waals surface area contributed by atoms with Gasteiger partial charge < -0.3 is 9.30 Å². The maximum atomic E-state index is 12.6. The van der Waals surface area contributed by atoms with Crippen molar-refractivity contribution >= 4 is 35.0 Å². The average molecular weight is 370 g/mol. The van der Waals surface area contributed by atoms with E-state index in [9.17, 15) is 14.4 Å². The summed E-state index contributed by atoms with van der Waals surface area (Å²) in [7, 11) is 0. The smallest absolute Gasteiger partial charge is 0.329 e. The van der Waals surface area contributed by atoms with Crippen LogP contribution in [0.15, 0.2) is 53.6 Å². The van der Waals surface area contributed by atoms with Crippen LogP contribution >= 0.6 is 11.8 Å². The molecule has 2 aromatic rings. The van der Waals surface area contributed by atoms with E-state index in [4.69, 9.17) is 4.74 Å². The lowest BCUT2D eigenvalue weighted by Crippen LogP contribution is -2.42. The Bertz CT molecular complexity index is 873. The lowest BCUT2D eigenvalue weighted by atomic mass is 10.2. The van der Waals surface area contributed by atoms with Crippen LogP contribution in [0.1, 0.15) is 19.5 Å². The molecule has 0 N–H and O–H groups in total. The molecule has 7 heteroatoms. The van der Waals surface area contributed by atoms with Crippen molar-refractivity contribution in [3.05, 3.63) is 59.3 Å². The number of rotatable bonds is 5. The Morgan fingerprint density at radius 3 is 2.62 bits per heavy atom.